The Morgan fingerprint density at radius 3 is 3.05 bits per heavy atom. The normalized spacial score (nSPS) is 24.8. The molecule has 0 amide bonds. The van der Waals surface area contributed by atoms with Crippen LogP contribution in [0.3, 0.4) is 0 Å². The summed E-state index contributed by atoms with van der Waals surface area (Å²) in [6.07, 6.45) is 9.48. The first kappa shape index (κ1) is 13.1. The summed E-state index contributed by atoms with van der Waals surface area (Å²) in [6, 6.07) is 0.750. The Morgan fingerprint density at radius 1 is 1.37 bits per heavy atom. The van der Waals surface area contributed by atoms with Crippen molar-refractivity contribution in [3.63, 3.8) is 0 Å². The predicted octanol–water partition coefficient (Wildman–Crippen LogP) is 2.04. The molecule has 1 saturated carbocycles. The number of piperidine rings is 1. The summed E-state index contributed by atoms with van der Waals surface area (Å²) < 4.78 is 2.40. The number of nitrogens with zero attached hydrogens (tertiary/aromatic N) is 3. The summed E-state index contributed by atoms with van der Waals surface area (Å²) in [5.74, 6) is 0.825. The van der Waals surface area contributed by atoms with Gasteiger partial charge in [-0.05, 0) is 51.2 Å². The third-order valence-electron chi connectivity index (χ3n) is 4.36. The SMILES string of the molecule is CCNCC1CCCN(Cc2cncn2C2CC2)C1. The van der Waals surface area contributed by atoms with Crippen LogP contribution in [0.5, 0.6) is 0 Å². The quantitative estimate of drug-likeness (QED) is 0.851. The van der Waals surface area contributed by atoms with Crippen LogP contribution in [0.4, 0.5) is 0 Å². The van der Waals surface area contributed by atoms with Gasteiger partial charge >= 0.3 is 0 Å². The molecule has 1 unspecified atom stereocenters. The van der Waals surface area contributed by atoms with Crippen LogP contribution < -0.4 is 5.32 Å². The topological polar surface area (TPSA) is 33.1 Å². The van der Waals surface area contributed by atoms with E-state index in [2.05, 4.69) is 32.9 Å². The van der Waals surface area contributed by atoms with Crippen LogP contribution in [0.15, 0.2) is 12.5 Å². The van der Waals surface area contributed by atoms with Crippen LogP contribution in [0.1, 0.15) is 44.3 Å². The van der Waals surface area contributed by atoms with Gasteiger partial charge in [0.25, 0.3) is 0 Å². The van der Waals surface area contributed by atoms with E-state index >= 15 is 0 Å². The monoisotopic (exact) mass is 262 g/mol. The minimum atomic E-state index is 0.750. The van der Waals surface area contributed by atoms with Gasteiger partial charge in [0.05, 0.1) is 12.0 Å². The zero-order valence-corrected chi connectivity index (χ0v) is 12.0. The van der Waals surface area contributed by atoms with Gasteiger partial charge in [-0.3, -0.25) is 4.90 Å². The van der Waals surface area contributed by atoms with Crippen LogP contribution in [0.2, 0.25) is 0 Å². The third-order valence-corrected chi connectivity index (χ3v) is 4.36. The van der Waals surface area contributed by atoms with Gasteiger partial charge in [0.2, 0.25) is 0 Å². The molecule has 1 aromatic rings. The largest absolute Gasteiger partial charge is 0.330 e. The number of hydrogen-bond acceptors (Lipinski definition) is 3. The van der Waals surface area contributed by atoms with Crippen molar-refractivity contribution >= 4 is 0 Å². The van der Waals surface area contributed by atoms with Gasteiger partial charge in [0.15, 0.2) is 0 Å². The second-order valence-corrected chi connectivity index (χ2v) is 6.07. The van der Waals surface area contributed by atoms with Gasteiger partial charge < -0.3 is 9.88 Å². The lowest BCUT2D eigenvalue weighted by Gasteiger charge is -2.32. The van der Waals surface area contributed by atoms with Crippen molar-refractivity contribution in [1.82, 2.24) is 19.8 Å². The molecule has 2 heterocycles. The van der Waals surface area contributed by atoms with Crippen LogP contribution in [-0.2, 0) is 6.54 Å². The maximum atomic E-state index is 4.34. The summed E-state index contributed by atoms with van der Waals surface area (Å²) in [4.78, 5) is 6.95. The second-order valence-electron chi connectivity index (χ2n) is 6.07. The average molecular weight is 262 g/mol. The van der Waals surface area contributed by atoms with E-state index in [1.807, 2.05) is 6.33 Å². The zero-order chi connectivity index (χ0) is 13.1. The minimum Gasteiger partial charge on any atom is -0.330 e. The summed E-state index contributed by atoms with van der Waals surface area (Å²) in [5, 5.41) is 3.49. The molecule has 2 fully saturated rings. The molecule has 0 aromatic carbocycles. The van der Waals surface area contributed by atoms with Crippen molar-refractivity contribution in [1.29, 1.82) is 0 Å². The van der Waals surface area contributed by atoms with Crippen LogP contribution in [0.25, 0.3) is 0 Å². The Hall–Kier alpha value is -0.870. The molecule has 1 aliphatic heterocycles. The van der Waals surface area contributed by atoms with Crippen molar-refractivity contribution in [3.05, 3.63) is 18.2 Å². The van der Waals surface area contributed by atoms with E-state index in [1.165, 1.54) is 51.0 Å². The van der Waals surface area contributed by atoms with Gasteiger partial charge in [-0.2, -0.15) is 0 Å². The lowest BCUT2D eigenvalue weighted by molar-refractivity contribution is 0.162. The van der Waals surface area contributed by atoms with Gasteiger partial charge in [-0.15, -0.1) is 0 Å². The van der Waals surface area contributed by atoms with E-state index in [0.717, 1.165) is 25.0 Å². The summed E-state index contributed by atoms with van der Waals surface area (Å²) >= 11 is 0. The Labute approximate surface area is 116 Å². The van der Waals surface area contributed by atoms with Crippen LogP contribution in [0, 0.1) is 5.92 Å². The number of likely N-dealkylation sites (tertiary alicyclic amines) is 1. The van der Waals surface area contributed by atoms with Gasteiger partial charge in [-0.25, -0.2) is 4.98 Å². The maximum absolute atomic E-state index is 4.34. The molecule has 0 bridgehead atoms. The molecule has 19 heavy (non-hydrogen) atoms. The standard InChI is InChI=1S/C15H26N4/c1-2-16-8-13-4-3-7-18(10-13)11-15-9-17-12-19(15)14-5-6-14/h9,12-14,16H,2-8,10-11H2,1H3. The van der Waals surface area contributed by atoms with E-state index in [9.17, 15) is 0 Å². The average Bonchev–Trinajstić information content (AvgIpc) is 3.18. The molecular weight excluding hydrogens is 236 g/mol. The highest BCUT2D eigenvalue weighted by Gasteiger charge is 2.26. The van der Waals surface area contributed by atoms with Crippen molar-refractivity contribution in [2.75, 3.05) is 26.2 Å². The van der Waals surface area contributed by atoms with Crippen molar-refractivity contribution in [2.45, 2.75) is 45.2 Å². The molecule has 1 atom stereocenters. The molecule has 1 N–H and O–H groups in total. The summed E-state index contributed by atoms with van der Waals surface area (Å²) in [7, 11) is 0. The van der Waals surface area contributed by atoms with E-state index in [1.54, 1.807) is 0 Å². The molecule has 1 saturated heterocycles. The third kappa shape index (κ3) is 3.37. The number of hydrogen-bond donors (Lipinski definition) is 1. The van der Waals surface area contributed by atoms with E-state index in [0.29, 0.717) is 0 Å². The molecule has 0 radical (unpaired) electrons. The number of nitrogens with one attached hydrogen (secondary N) is 1. The van der Waals surface area contributed by atoms with Crippen LogP contribution in [-0.4, -0.2) is 40.6 Å². The number of imidazole rings is 1. The number of rotatable bonds is 6. The highest BCUT2D eigenvalue weighted by molar-refractivity contribution is 5.03. The summed E-state index contributed by atoms with van der Waals surface area (Å²) in [5.41, 5.74) is 1.41. The lowest BCUT2D eigenvalue weighted by Crippen LogP contribution is -2.39. The van der Waals surface area contributed by atoms with Gasteiger partial charge in [0, 0.05) is 25.3 Å². The predicted molar refractivity (Wildman–Crippen MR) is 77.0 cm³/mol. The lowest BCUT2D eigenvalue weighted by atomic mass is 9.98. The Morgan fingerprint density at radius 2 is 2.26 bits per heavy atom. The Kier molecular flexibility index (Phi) is 4.18. The highest BCUT2D eigenvalue weighted by atomic mass is 15.2. The van der Waals surface area contributed by atoms with E-state index in [-0.39, 0.29) is 0 Å². The summed E-state index contributed by atoms with van der Waals surface area (Å²) in [6.45, 7) is 8.02. The van der Waals surface area contributed by atoms with Crippen LogP contribution >= 0.6 is 0 Å². The fourth-order valence-corrected chi connectivity index (χ4v) is 3.18. The smallest absolute Gasteiger partial charge is 0.0951 e. The van der Waals surface area contributed by atoms with E-state index in [4.69, 9.17) is 0 Å². The molecule has 3 rings (SSSR count). The molecule has 106 valence electrons. The van der Waals surface area contributed by atoms with Crippen molar-refractivity contribution in [2.24, 2.45) is 5.92 Å². The Balaban J connectivity index is 1.55. The first-order chi connectivity index (χ1) is 9.36. The second kappa shape index (κ2) is 6.06. The molecule has 1 aliphatic carbocycles. The zero-order valence-electron chi connectivity index (χ0n) is 12.0. The molecule has 2 aliphatic rings. The number of aromatic nitrogens is 2. The Bertz CT molecular complexity index is 397. The minimum absolute atomic E-state index is 0.750. The van der Waals surface area contributed by atoms with Crippen molar-refractivity contribution < 1.29 is 0 Å². The van der Waals surface area contributed by atoms with Crippen molar-refractivity contribution in [3.8, 4) is 0 Å². The fraction of sp³-hybridized carbons (Fsp3) is 0.800. The first-order valence-corrected chi connectivity index (χ1v) is 7.80. The van der Waals surface area contributed by atoms with Gasteiger partial charge in [-0.1, -0.05) is 6.92 Å². The molecular formula is C15H26N4. The first-order valence-electron chi connectivity index (χ1n) is 7.80. The molecule has 4 nitrogen and oxygen atoms in total. The molecule has 4 heteroatoms. The van der Waals surface area contributed by atoms with E-state index < -0.39 is 0 Å². The fourth-order valence-electron chi connectivity index (χ4n) is 3.18. The maximum Gasteiger partial charge on any atom is 0.0951 e. The molecule has 0 spiro atoms. The highest BCUT2D eigenvalue weighted by Crippen LogP contribution is 2.36. The van der Waals surface area contributed by atoms with Gasteiger partial charge in [0.1, 0.15) is 0 Å². The molecule has 1 aromatic heterocycles.